The Kier molecular flexibility index (Phi) is 7.93. The molecule has 0 heterocycles. The first-order valence-electron chi connectivity index (χ1n) is 6.23. The summed E-state index contributed by atoms with van der Waals surface area (Å²) < 4.78 is 0. The Bertz CT molecular complexity index is 153. The highest BCUT2D eigenvalue weighted by molar-refractivity contribution is 5.00. The van der Waals surface area contributed by atoms with Crippen LogP contribution in [0.4, 0.5) is 0 Å². The van der Waals surface area contributed by atoms with E-state index in [-0.39, 0.29) is 0 Å². The SMILES string of the molecule is CCCCCC(C)=CC(C)CC(C)C. The molecule has 1 unspecified atom stereocenters. The molecule has 0 spiro atoms. The second-order valence-corrected chi connectivity index (χ2v) is 5.08. The lowest BCUT2D eigenvalue weighted by Crippen LogP contribution is -1.97. The lowest BCUT2D eigenvalue weighted by atomic mass is 9.95. The Morgan fingerprint density at radius 3 is 2.29 bits per heavy atom. The first-order valence-corrected chi connectivity index (χ1v) is 6.23. The van der Waals surface area contributed by atoms with Crippen LogP contribution in [0.5, 0.6) is 0 Å². The standard InChI is InChI=1S/C14H28/c1-6-7-8-9-13(4)11-14(5)10-12(2)3/h11-12,14H,6-10H2,1-5H3. The summed E-state index contributed by atoms with van der Waals surface area (Å²) in [6, 6.07) is 0. The molecule has 0 aromatic rings. The zero-order chi connectivity index (χ0) is 11.0. The molecule has 0 amide bonds. The molecule has 0 aliphatic rings. The summed E-state index contributed by atoms with van der Waals surface area (Å²) in [5, 5.41) is 0. The second kappa shape index (κ2) is 8.08. The van der Waals surface area contributed by atoms with Crippen LogP contribution >= 0.6 is 0 Å². The third-order valence-corrected chi connectivity index (χ3v) is 2.59. The molecule has 0 aromatic heterocycles. The van der Waals surface area contributed by atoms with Gasteiger partial charge in [-0.05, 0) is 38.0 Å². The Morgan fingerprint density at radius 2 is 1.79 bits per heavy atom. The molecule has 1 atom stereocenters. The van der Waals surface area contributed by atoms with Gasteiger partial charge >= 0.3 is 0 Å². The van der Waals surface area contributed by atoms with E-state index < -0.39 is 0 Å². The van der Waals surface area contributed by atoms with E-state index in [1.807, 2.05) is 0 Å². The van der Waals surface area contributed by atoms with Crippen LogP contribution in [0, 0.1) is 11.8 Å². The molecule has 0 bridgehead atoms. The van der Waals surface area contributed by atoms with Crippen LogP contribution in [0.15, 0.2) is 11.6 Å². The van der Waals surface area contributed by atoms with Gasteiger partial charge in [0, 0.05) is 0 Å². The fourth-order valence-electron chi connectivity index (χ4n) is 2.03. The van der Waals surface area contributed by atoms with Gasteiger partial charge in [-0.1, -0.05) is 52.2 Å². The monoisotopic (exact) mass is 196 g/mol. The zero-order valence-corrected chi connectivity index (χ0v) is 10.8. The lowest BCUT2D eigenvalue weighted by Gasteiger charge is -2.11. The molecule has 0 aromatic carbocycles. The number of rotatable bonds is 7. The van der Waals surface area contributed by atoms with Crippen LogP contribution in [0.25, 0.3) is 0 Å². The maximum atomic E-state index is 2.47. The minimum Gasteiger partial charge on any atom is -0.0828 e. The maximum Gasteiger partial charge on any atom is -0.0257 e. The molecule has 0 rings (SSSR count). The topological polar surface area (TPSA) is 0 Å². The molecule has 0 nitrogen and oxygen atoms in total. The van der Waals surface area contributed by atoms with E-state index >= 15 is 0 Å². The fraction of sp³-hybridized carbons (Fsp3) is 0.857. The van der Waals surface area contributed by atoms with Crippen molar-refractivity contribution in [3.8, 4) is 0 Å². The highest BCUT2D eigenvalue weighted by atomic mass is 14.1. The van der Waals surface area contributed by atoms with Gasteiger partial charge in [0.05, 0.1) is 0 Å². The smallest absolute Gasteiger partial charge is 0.0257 e. The van der Waals surface area contributed by atoms with E-state index in [1.165, 1.54) is 32.1 Å². The van der Waals surface area contributed by atoms with Gasteiger partial charge in [-0.2, -0.15) is 0 Å². The van der Waals surface area contributed by atoms with Gasteiger partial charge in [-0.3, -0.25) is 0 Å². The highest BCUT2D eigenvalue weighted by Gasteiger charge is 2.02. The Morgan fingerprint density at radius 1 is 1.14 bits per heavy atom. The summed E-state index contributed by atoms with van der Waals surface area (Å²) in [7, 11) is 0. The third-order valence-electron chi connectivity index (χ3n) is 2.59. The first kappa shape index (κ1) is 13.7. The summed E-state index contributed by atoms with van der Waals surface area (Å²) >= 11 is 0. The Labute approximate surface area is 90.8 Å². The number of allylic oxidation sites excluding steroid dienone is 2. The first-order chi connectivity index (χ1) is 6.56. The van der Waals surface area contributed by atoms with Crippen LogP contribution in [0.1, 0.15) is 66.7 Å². The predicted octanol–water partition coefficient (Wildman–Crippen LogP) is 5.20. The van der Waals surface area contributed by atoms with Gasteiger partial charge < -0.3 is 0 Å². The van der Waals surface area contributed by atoms with E-state index in [1.54, 1.807) is 5.57 Å². The van der Waals surface area contributed by atoms with Crippen molar-refractivity contribution >= 4 is 0 Å². The van der Waals surface area contributed by atoms with Crippen molar-refractivity contribution in [3.63, 3.8) is 0 Å². The summed E-state index contributed by atoms with van der Waals surface area (Å²) in [5.74, 6) is 1.58. The van der Waals surface area contributed by atoms with Gasteiger partial charge in [0.2, 0.25) is 0 Å². The summed E-state index contributed by atoms with van der Waals surface area (Å²) in [6.07, 6.45) is 9.17. The summed E-state index contributed by atoms with van der Waals surface area (Å²) in [5.41, 5.74) is 1.59. The van der Waals surface area contributed by atoms with E-state index in [9.17, 15) is 0 Å². The van der Waals surface area contributed by atoms with E-state index in [4.69, 9.17) is 0 Å². The number of unbranched alkanes of at least 4 members (excludes halogenated alkanes) is 2. The molecular formula is C14H28. The van der Waals surface area contributed by atoms with Crippen LogP contribution in [-0.4, -0.2) is 0 Å². The van der Waals surface area contributed by atoms with Crippen molar-refractivity contribution in [2.45, 2.75) is 66.7 Å². The zero-order valence-electron chi connectivity index (χ0n) is 10.8. The summed E-state index contributed by atoms with van der Waals surface area (Å²) in [6.45, 7) is 11.5. The van der Waals surface area contributed by atoms with Gasteiger partial charge in [0.25, 0.3) is 0 Å². The molecule has 0 aliphatic heterocycles. The molecule has 0 aliphatic carbocycles. The average Bonchev–Trinajstić information content (AvgIpc) is 2.02. The van der Waals surface area contributed by atoms with Crippen LogP contribution in [0.3, 0.4) is 0 Å². The minimum atomic E-state index is 0.761. The van der Waals surface area contributed by atoms with Crippen molar-refractivity contribution in [2.24, 2.45) is 11.8 Å². The average molecular weight is 196 g/mol. The van der Waals surface area contributed by atoms with Crippen molar-refractivity contribution in [1.82, 2.24) is 0 Å². The van der Waals surface area contributed by atoms with Crippen LogP contribution in [-0.2, 0) is 0 Å². The minimum absolute atomic E-state index is 0.761. The number of hydrogen-bond acceptors (Lipinski definition) is 0. The van der Waals surface area contributed by atoms with Crippen molar-refractivity contribution < 1.29 is 0 Å². The highest BCUT2D eigenvalue weighted by Crippen LogP contribution is 2.16. The predicted molar refractivity (Wildman–Crippen MR) is 66.5 cm³/mol. The van der Waals surface area contributed by atoms with Crippen LogP contribution in [0.2, 0.25) is 0 Å². The second-order valence-electron chi connectivity index (χ2n) is 5.08. The van der Waals surface area contributed by atoms with Crippen LogP contribution < -0.4 is 0 Å². The normalized spacial score (nSPS) is 14.9. The Hall–Kier alpha value is -0.260. The largest absolute Gasteiger partial charge is 0.0828 e. The van der Waals surface area contributed by atoms with Crippen molar-refractivity contribution in [3.05, 3.63) is 11.6 Å². The van der Waals surface area contributed by atoms with Crippen molar-refractivity contribution in [2.75, 3.05) is 0 Å². The van der Waals surface area contributed by atoms with E-state index in [2.05, 4.69) is 40.7 Å². The Balaban J connectivity index is 3.72. The molecule has 0 radical (unpaired) electrons. The number of hydrogen-bond donors (Lipinski definition) is 0. The van der Waals surface area contributed by atoms with Gasteiger partial charge in [-0.15, -0.1) is 0 Å². The molecule has 0 saturated carbocycles. The van der Waals surface area contributed by atoms with E-state index in [0.717, 1.165) is 11.8 Å². The quantitative estimate of drug-likeness (QED) is 0.388. The molecular weight excluding hydrogens is 168 g/mol. The fourth-order valence-corrected chi connectivity index (χ4v) is 2.03. The van der Waals surface area contributed by atoms with Gasteiger partial charge in [0.15, 0.2) is 0 Å². The van der Waals surface area contributed by atoms with Gasteiger partial charge in [-0.25, -0.2) is 0 Å². The lowest BCUT2D eigenvalue weighted by molar-refractivity contribution is 0.500. The molecule has 14 heavy (non-hydrogen) atoms. The molecule has 0 N–H and O–H groups in total. The molecule has 0 saturated heterocycles. The molecule has 0 heteroatoms. The summed E-state index contributed by atoms with van der Waals surface area (Å²) in [4.78, 5) is 0. The molecule has 84 valence electrons. The maximum absolute atomic E-state index is 2.47. The van der Waals surface area contributed by atoms with Crippen molar-refractivity contribution in [1.29, 1.82) is 0 Å². The van der Waals surface area contributed by atoms with E-state index in [0.29, 0.717) is 0 Å². The third kappa shape index (κ3) is 8.34. The van der Waals surface area contributed by atoms with Gasteiger partial charge in [0.1, 0.15) is 0 Å². The molecule has 0 fully saturated rings.